The van der Waals surface area contributed by atoms with Crippen molar-refractivity contribution >= 4 is 15.9 Å². The van der Waals surface area contributed by atoms with Gasteiger partial charge in [-0.25, -0.2) is 8.42 Å². The van der Waals surface area contributed by atoms with Crippen LogP contribution >= 0.6 is 0 Å². The van der Waals surface area contributed by atoms with E-state index in [1.807, 2.05) is 4.90 Å². The van der Waals surface area contributed by atoms with Crippen molar-refractivity contribution in [3.63, 3.8) is 0 Å². The first-order valence-corrected chi connectivity index (χ1v) is 11.0. The minimum absolute atomic E-state index is 0.0890. The minimum Gasteiger partial charge on any atom is -0.342 e. The van der Waals surface area contributed by atoms with Crippen LogP contribution in [0.1, 0.15) is 44.5 Å². The highest BCUT2D eigenvalue weighted by molar-refractivity contribution is 7.89. The van der Waals surface area contributed by atoms with Crippen LogP contribution in [0.25, 0.3) is 0 Å². The lowest BCUT2D eigenvalue weighted by Gasteiger charge is -2.44. The molecule has 2 aliphatic rings. The van der Waals surface area contributed by atoms with E-state index >= 15 is 0 Å². The highest BCUT2D eigenvalue weighted by Gasteiger charge is 2.39. The van der Waals surface area contributed by atoms with Crippen molar-refractivity contribution < 1.29 is 13.2 Å². The Bertz CT molecular complexity index is 789. The summed E-state index contributed by atoms with van der Waals surface area (Å²) in [7, 11) is -3.58. The average molecular weight is 398 g/mol. The number of H-pyrrole nitrogens is 1. The first kappa shape index (κ1) is 20.3. The number of amides is 1. The fourth-order valence-corrected chi connectivity index (χ4v) is 6.01. The molecule has 2 fully saturated rings. The second-order valence-corrected chi connectivity index (χ2v) is 10.5. The van der Waals surface area contributed by atoms with Crippen LogP contribution in [-0.4, -0.2) is 65.9 Å². The molecule has 0 radical (unpaired) electrons. The number of aromatic amines is 1. The summed E-state index contributed by atoms with van der Waals surface area (Å²) in [6.07, 6.45) is 1.92. The molecule has 1 atom stereocenters. The number of nitrogens with two attached hydrogens (primary N) is 1. The Kier molecular flexibility index (Phi) is 5.39. The molecule has 0 aliphatic carbocycles. The number of carbonyl (C=O) groups is 1. The molecule has 0 bridgehead atoms. The Morgan fingerprint density at radius 1 is 1.19 bits per heavy atom. The second-order valence-electron chi connectivity index (χ2n) is 8.59. The third kappa shape index (κ3) is 3.77. The van der Waals surface area contributed by atoms with Crippen LogP contribution in [0.5, 0.6) is 0 Å². The van der Waals surface area contributed by atoms with Crippen LogP contribution in [-0.2, 0) is 14.8 Å². The van der Waals surface area contributed by atoms with Crippen molar-refractivity contribution in [2.45, 2.75) is 57.9 Å². The number of hydrogen-bond acceptors (Lipinski definition) is 5. The maximum absolute atomic E-state index is 12.9. The van der Waals surface area contributed by atoms with Crippen LogP contribution in [0.4, 0.5) is 0 Å². The SMILES string of the molecule is Cc1n[nH]c(C)c1S(=O)(=O)N1CCC(C(=O)N2CCC(N)C(C)(C)C2)CC1. The Balaban J connectivity index is 1.65. The maximum atomic E-state index is 12.9. The van der Waals surface area contributed by atoms with Crippen molar-refractivity contribution in [1.29, 1.82) is 0 Å². The fourth-order valence-electron chi connectivity index (χ4n) is 4.21. The van der Waals surface area contributed by atoms with Gasteiger partial charge in [0.25, 0.3) is 0 Å². The molecule has 0 spiro atoms. The number of hydrogen-bond donors (Lipinski definition) is 2. The van der Waals surface area contributed by atoms with Gasteiger partial charge in [-0.2, -0.15) is 9.40 Å². The van der Waals surface area contributed by atoms with Gasteiger partial charge >= 0.3 is 0 Å². The Labute approximate surface area is 161 Å². The smallest absolute Gasteiger partial charge is 0.246 e. The molecular weight excluding hydrogens is 366 g/mol. The predicted molar refractivity (Wildman–Crippen MR) is 102 cm³/mol. The summed E-state index contributed by atoms with van der Waals surface area (Å²) < 4.78 is 27.4. The summed E-state index contributed by atoms with van der Waals surface area (Å²) in [6.45, 7) is 9.68. The molecule has 1 aromatic heterocycles. The molecule has 3 rings (SSSR count). The number of carbonyl (C=O) groups excluding carboxylic acids is 1. The molecule has 2 saturated heterocycles. The van der Waals surface area contributed by atoms with E-state index in [9.17, 15) is 13.2 Å². The normalized spacial score (nSPS) is 24.9. The zero-order valence-corrected chi connectivity index (χ0v) is 17.5. The van der Waals surface area contributed by atoms with Crippen molar-refractivity contribution in [3.8, 4) is 0 Å². The predicted octanol–water partition coefficient (Wildman–Crippen LogP) is 1.01. The lowest BCUT2D eigenvalue weighted by atomic mass is 9.79. The molecule has 1 unspecified atom stereocenters. The molecule has 3 N–H and O–H groups in total. The number of sulfonamides is 1. The molecule has 0 aromatic carbocycles. The summed E-state index contributed by atoms with van der Waals surface area (Å²) in [4.78, 5) is 15.1. The number of aryl methyl sites for hydroxylation is 2. The van der Waals surface area contributed by atoms with Crippen molar-refractivity contribution in [1.82, 2.24) is 19.4 Å². The van der Waals surface area contributed by atoms with Crippen molar-refractivity contribution in [3.05, 3.63) is 11.4 Å². The molecule has 152 valence electrons. The first-order valence-electron chi connectivity index (χ1n) is 9.60. The summed E-state index contributed by atoms with van der Waals surface area (Å²) in [6, 6.07) is 0.106. The van der Waals surface area contributed by atoms with Gasteiger partial charge < -0.3 is 10.6 Å². The summed E-state index contributed by atoms with van der Waals surface area (Å²) in [5, 5.41) is 6.74. The summed E-state index contributed by atoms with van der Waals surface area (Å²) in [5.41, 5.74) is 7.12. The summed E-state index contributed by atoms with van der Waals surface area (Å²) in [5.74, 6) is 0.0239. The molecule has 27 heavy (non-hydrogen) atoms. The number of aromatic nitrogens is 2. The fraction of sp³-hybridized carbons (Fsp3) is 0.778. The van der Waals surface area contributed by atoms with E-state index in [0.29, 0.717) is 50.4 Å². The zero-order chi connectivity index (χ0) is 20.0. The molecule has 1 amide bonds. The lowest BCUT2D eigenvalue weighted by molar-refractivity contribution is -0.140. The Morgan fingerprint density at radius 2 is 1.81 bits per heavy atom. The largest absolute Gasteiger partial charge is 0.342 e. The second kappa shape index (κ2) is 7.18. The van der Waals surface area contributed by atoms with Crippen LogP contribution in [0.2, 0.25) is 0 Å². The Morgan fingerprint density at radius 3 is 2.33 bits per heavy atom. The van der Waals surface area contributed by atoms with E-state index in [2.05, 4.69) is 24.0 Å². The van der Waals surface area contributed by atoms with Gasteiger partial charge in [-0.15, -0.1) is 0 Å². The third-order valence-electron chi connectivity index (χ3n) is 6.09. The van der Waals surface area contributed by atoms with Gasteiger partial charge in [-0.1, -0.05) is 13.8 Å². The number of rotatable bonds is 3. The monoisotopic (exact) mass is 397 g/mol. The van der Waals surface area contributed by atoms with Gasteiger partial charge in [-0.05, 0) is 38.5 Å². The van der Waals surface area contributed by atoms with Gasteiger partial charge in [-0.3, -0.25) is 9.89 Å². The van der Waals surface area contributed by atoms with Gasteiger partial charge in [0, 0.05) is 38.1 Å². The minimum atomic E-state index is -3.58. The van der Waals surface area contributed by atoms with E-state index in [1.165, 1.54) is 4.31 Å². The van der Waals surface area contributed by atoms with Gasteiger partial charge in [0.2, 0.25) is 15.9 Å². The van der Waals surface area contributed by atoms with Crippen LogP contribution in [0.3, 0.4) is 0 Å². The van der Waals surface area contributed by atoms with Crippen molar-refractivity contribution in [2.24, 2.45) is 17.1 Å². The molecular formula is C18H31N5O3S. The molecule has 8 nitrogen and oxygen atoms in total. The van der Waals surface area contributed by atoms with E-state index in [-0.39, 0.29) is 28.2 Å². The zero-order valence-electron chi connectivity index (χ0n) is 16.7. The highest BCUT2D eigenvalue weighted by atomic mass is 32.2. The van der Waals surface area contributed by atoms with Gasteiger partial charge in [0.05, 0.1) is 11.4 Å². The van der Waals surface area contributed by atoms with E-state index in [4.69, 9.17) is 5.73 Å². The standard InChI is InChI=1S/C18H31N5O3S/c1-12-16(13(2)21-20-12)27(25,26)23-9-5-14(6-10-23)17(24)22-8-7-15(19)18(3,4)11-22/h14-15H,5-11,19H2,1-4H3,(H,20,21). The van der Waals surface area contributed by atoms with E-state index in [1.54, 1.807) is 13.8 Å². The molecule has 3 heterocycles. The van der Waals surface area contributed by atoms with Crippen LogP contribution in [0.15, 0.2) is 4.90 Å². The topological polar surface area (TPSA) is 112 Å². The molecule has 2 aliphatic heterocycles. The summed E-state index contributed by atoms with van der Waals surface area (Å²) >= 11 is 0. The van der Waals surface area contributed by atoms with Gasteiger partial charge in [0.15, 0.2) is 0 Å². The van der Waals surface area contributed by atoms with E-state index < -0.39 is 10.0 Å². The maximum Gasteiger partial charge on any atom is 0.246 e. The third-order valence-corrected chi connectivity index (χ3v) is 8.25. The van der Waals surface area contributed by atoms with Crippen LogP contribution in [0, 0.1) is 25.2 Å². The number of nitrogens with one attached hydrogen (secondary N) is 1. The van der Waals surface area contributed by atoms with E-state index in [0.717, 1.165) is 6.42 Å². The molecule has 9 heteroatoms. The quantitative estimate of drug-likeness (QED) is 0.790. The van der Waals surface area contributed by atoms with Gasteiger partial charge in [0.1, 0.15) is 4.90 Å². The molecule has 1 aromatic rings. The number of nitrogens with zero attached hydrogens (tertiary/aromatic N) is 3. The Hall–Kier alpha value is -1.45. The highest BCUT2D eigenvalue weighted by Crippen LogP contribution is 2.31. The lowest BCUT2D eigenvalue weighted by Crippen LogP contribution is -2.55. The average Bonchev–Trinajstić information content (AvgIpc) is 2.96. The first-order chi connectivity index (χ1) is 12.5. The number of likely N-dealkylation sites (tertiary alicyclic amines) is 1. The van der Waals surface area contributed by atoms with Crippen molar-refractivity contribution in [2.75, 3.05) is 26.2 Å². The molecule has 0 saturated carbocycles. The van der Waals surface area contributed by atoms with Crippen LogP contribution < -0.4 is 5.73 Å². The number of piperidine rings is 2.